The van der Waals surface area contributed by atoms with E-state index in [1.54, 1.807) is 0 Å². The maximum atomic E-state index is 11.1. The van der Waals surface area contributed by atoms with Crippen molar-refractivity contribution in [2.75, 3.05) is 18.0 Å². The van der Waals surface area contributed by atoms with E-state index in [1.807, 2.05) is 30.3 Å². The minimum absolute atomic E-state index is 0.364. The number of hydrogen-bond acceptors (Lipinski definition) is 2. The fourth-order valence-corrected chi connectivity index (χ4v) is 2.23. The average Bonchev–Trinajstić information content (AvgIpc) is 2.29. The second-order valence-electron chi connectivity index (χ2n) is 3.97. The Labute approximate surface area is 95.0 Å². The van der Waals surface area contributed by atoms with Crippen molar-refractivity contribution in [2.24, 2.45) is 0 Å². The molecule has 2 rings (SSSR count). The average molecular weight is 217 g/mol. The van der Waals surface area contributed by atoms with Crippen LogP contribution in [0.25, 0.3) is 0 Å². The van der Waals surface area contributed by atoms with E-state index in [1.165, 1.54) is 0 Å². The number of hydrogen-bond donors (Lipinski definition) is 1. The molecule has 0 fully saturated rings. The van der Waals surface area contributed by atoms with Crippen LogP contribution in [-0.2, 0) is 4.79 Å². The first-order chi connectivity index (χ1) is 7.74. The Kier molecular flexibility index (Phi) is 2.95. The first kappa shape index (κ1) is 10.7. The van der Waals surface area contributed by atoms with Crippen LogP contribution in [0.3, 0.4) is 0 Å². The van der Waals surface area contributed by atoms with E-state index in [-0.39, 0.29) is 5.92 Å². The first-order valence-electron chi connectivity index (χ1n) is 5.41. The molecule has 1 aliphatic rings. The molecule has 16 heavy (non-hydrogen) atoms. The van der Waals surface area contributed by atoms with E-state index >= 15 is 0 Å². The summed E-state index contributed by atoms with van der Waals surface area (Å²) in [5, 5.41) is 9.16. The molecule has 0 radical (unpaired) electrons. The molecule has 3 nitrogen and oxygen atoms in total. The third-order valence-electron chi connectivity index (χ3n) is 2.99. The van der Waals surface area contributed by atoms with Gasteiger partial charge in [-0.3, -0.25) is 4.79 Å². The highest BCUT2D eigenvalue weighted by atomic mass is 16.4. The molecule has 1 aromatic rings. The molecule has 1 N–H and O–H groups in total. The summed E-state index contributed by atoms with van der Waals surface area (Å²) in [6, 6.07) is 7.72. The summed E-state index contributed by atoms with van der Waals surface area (Å²) >= 11 is 0. The van der Waals surface area contributed by atoms with Crippen LogP contribution < -0.4 is 4.90 Å². The summed E-state index contributed by atoms with van der Waals surface area (Å²) in [5.41, 5.74) is 1.95. The Bertz CT molecular complexity index is 414. The molecule has 0 saturated carbocycles. The van der Waals surface area contributed by atoms with Gasteiger partial charge in [0.05, 0.1) is 5.92 Å². The van der Waals surface area contributed by atoms with Gasteiger partial charge in [-0.25, -0.2) is 0 Å². The smallest absolute Gasteiger partial charge is 0.311 e. The molecule has 1 atom stereocenters. The molecule has 1 heterocycles. The SMILES string of the molecule is C=CCN1CCC(C(=O)O)c2ccccc21. The highest BCUT2D eigenvalue weighted by Gasteiger charge is 2.28. The van der Waals surface area contributed by atoms with E-state index in [0.717, 1.165) is 24.3 Å². The van der Waals surface area contributed by atoms with Crippen LogP contribution in [0.5, 0.6) is 0 Å². The van der Waals surface area contributed by atoms with Crippen molar-refractivity contribution < 1.29 is 9.90 Å². The summed E-state index contributed by atoms with van der Waals surface area (Å²) < 4.78 is 0. The van der Waals surface area contributed by atoms with Crippen molar-refractivity contribution >= 4 is 11.7 Å². The second-order valence-corrected chi connectivity index (χ2v) is 3.97. The number of anilines is 1. The first-order valence-corrected chi connectivity index (χ1v) is 5.41. The van der Waals surface area contributed by atoms with Crippen LogP contribution in [-0.4, -0.2) is 24.2 Å². The standard InChI is InChI=1S/C13H15NO2/c1-2-8-14-9-7-11(13(15)16)10-5-3-4-6-12(10)14/h2-6,11H,1,7-9H2,(H,15,16). The Morgan fingerprint density at radius 2 is 2.31 bits per heavy atom. The van der Waals surface area contributed by atoms with Gasteiger partial charge >= 0.3 is 5.97 Å². The summed E-state index contributed by atoms with van der Waals surface area (Å²) in [7, 11) is 0. The van der Waals surface area contributed by atoms with Gasteiger partial charge in [0.15, 0.2) is 0 Å². The molecule has 0 aliphatic carbocycles. The molecule has 84 valence electrons. The monoisotopic (exact) mass is 217 g/mol. The third-order valence-corrected chi connectivity index (χ3v) is 2.99. The number of benzene rings is 1. The highest BCUT2D eigenvalue weighted by Crippen LogP contribution is 2.34. The summed E-state index contributed by atoms with van der Waals surface area (Å²) in [5.74, 6) is -1.09. The number of fused-ring (bicyclic) bond motifs is 1. The number of carboxylic acids is 1. The van der Waals surface area contributed by atoms with Gasteiger partial charge in [0.25, 0.3) is 0 Å². The lowest BCUT2D eigenvalue weighted by Crippen LogP contribution is -2.33. The van der Waals surface area contributed by atoms with Crippen LogP contribution >= 0.6 is 0 Å². The molecule has 3 heteroatoms. The third kappa shape index (κ3) is 1.81. The molecule has 0 spiro atoms. The van der Waals surface area contributed by atoms with Gasteiger partial charge in [-0.05, 0) is 18.1 Å². The molecular formula is C13H15NO2. The Morgan fingerprint density at radius 1 is 1.56 bits per heavy atom. The quantitative estimate of drug-likeness (QED) is 0.789. The molecule has 1 aliphatic heterocycles. The number of carboxylic acid groups (broad SMARTS) is 1. The summed E-state index contributed by atoms with van der Waals surface area (Å²) in [4.78, 5) is 13.3. The highest BCUT2D eigenvalue weighted by molar-refractivity contribution is 5.80. The fraction of sp³-hybridized carbons (Fsp3) is 0.308. The molecule has 0 saturated heterocycles. The van der Waals surface area contributed by atoms with E-state index in [4.69, 9.17) is 5.11 Å². The molecule has 1 unspecified atom stereocenters. The van der Waals surface area contributed by atoms with Crippen LogP contribution in [0.15, 0.2) is 36.9 Å². The number of para-hydroxylation sites is 1. The maximum absolute atomic E-state index is 11.1. The zero-order valence-corrected chi connectivity index (χ0v) is 9.10. The molecule has 0 aromatic heterocycles. The minimum atomic E-state index is -0.731. The Balaban J connectivity index is 2.39. The molecule has 1 aromatic carbocycles. The van der Waals surface area contributed by atoms with Gasteiger partial charge in [-0.2, -0.15) is 0 Å². The topological polar surface area (TPSA) is 40.5 Å². The van der Waals surface area contributed by atoms with Crippen molar-refractivity contribution in [3.8, 4) is 0 Å². The molecular weight excluding hydrogens is 202 g/mol. The normalized spacial score (nSPS) is 19.0. The fourth-order valence-electron chi connectivity index (χ4n) is 2.23. The van der Waals surface area contributed by atoms with E-state index in [0.29, 0.717) is 6.42 Å². The van der Waals surface area contributed by atoms with Gasteiger partial charge in [-0.1, -0.05) is 24.3 Å². The molecule has 0 amide bonds. The van der Waals surface area contributed by atoms with Crippen LogP contribution in [0.2, 0.25) is 0 Å². The molecule has 0 bridgehead atoms. The zero-order valence-electron chi connectivity index (χ0n) is 9.10. The van der Waals surface area contributed by atoms with Crippen molar-refractivity contribution in [2.45, 2.75) is 12.3 Å². The maximum Gasteiger partial charge on any atom is 0.311 e. The van der Waals surface area contributed by atoms with Gasteiger partial charge in [0, 0.05) is 18.8 Å². The van der Waals surface area contributed by atoms with E-state index in [2.05, 4.69) is 11.5 Å². The van der Waals surface area contributed by atoms with Crippen LogP contribution in [0.1, 0.15) is 17.9 Å². The predicted octanol–water partition coefficient (Wildman–Crippen LogP) is 2.25. The van der Waals surface area contributed by atoms with Crippen LogP contribution in [0.4, 0.5) is 5.69 Å². The minimum Gasteiger partial charge on any atom is -0.481 e. The van der Waals surface area contributed by atoms with Crippen molar-refractivity contribution in [3.63, 3.8) is 0 Å². The summed E-state index contributed by atoms with van der Waals surface area (Å²) in [6.45, 7) is 5.27. The van der Waals surface area contributed by atoms with Gasteiger partial charge in [0.2, 0.25) is 0 Å². The zero-order chi connectivity index (χ0) is 11.5. The lowest BCUT2D eigenvalue weighted by atomic mass is 9.90. The Morgan fingerprint density at radius 3 is 3.00 bits per heavy atom. The predicted molar refractivity (Wildman–Crippen MR) is 63.8 cm³/mol. The summed E-state index contributed by atoms with van der Waals surface area (Å²) in [6.07, 6.45) is 2.51. The van der Waals surface area contributed by atoms with E-state index < -0.39 is 5.97 Å². The largest absolute Gasteiger partial charge is 0.481 e. The van der Waals surface area contributed by atoms with Crippen LogP contribution in [0, 0.1) is 0 Å². The number of carbonyl (C=O) groups is 1. The van der Waals surface area contributed by atoms with E-state index in [9.17, 15) is 4.79 Å². The lowest BCUT2D eigenvalue weighted by molar-refractivity contribution is -0.139. The van der Waals surface area contributed by atoms with Gasteiger partial charge in [-0.15, -0.1) is 6.58 Å². The Hall–Kier alpha value is -1.77. The number of nitrogens with zero attached hydrogens (tertiary/aromatic N) is 1. The van der Waals surface area contributed by atoms with Crippen molar-refractivity contribution in [3.05, 3.63) is 42.5 Å². The lowest BCUT2D eigenvalue weighted by Gasteiger charge is -2.33. The number of rotatable bonds is 3. The van der Waals surface area contributed by atoms with Gasteiger partial charge < -0.3 is 10.0 Å². The van der Waals surface area contributed by atoms with Crippen molar-refractivity contribution in [1.82, 2.24) is 0 Å². The number of aliphatic carboxylic acids is 1. The van der Waals surface area contributed by atoms with Gasteiger partial charge in [0.1, 0.15) is 0 Å². The second kappa shape index (κ2) is 4.39. The van der Waals surface area contributed by atoms with Crippen molar-refractivity contribution in [1.29, 1.82) is 0 Å².